The van der Waals surface area contributed by atoms with Crippen molar-refractivity contribution in [3.63, 3.8) is 0 Å². The zero-order valence-corrected chi connectivity index (χ0v) is 14.2. The summed E-state index contributed by atoms with van der Waals surface area (Å²) < 4.78 is 3.66. The van der Waals surface area contributed by atoms with E-state index in [-0.39, 0.29) is 18.0 Å². The van der Waals surface area contributed by atoms with Crippen LogP contribution in [0, 0.1) is 0 Å². The number of imidazole rings is 1. The first-order chi connectivity index (χ1) is 11.5. The van der Waals surface area contributed by atoms with Gasteiger partial charge in [-0.3, -0.25) is 9.59 Å². The molecule has 0 aliphatic carbocycles. The van der Waals surface area contributed by atoms with Gasteiger partial charge in [-0.25, -0.2) is 4.98 Å². The van der Waals surface area contributed by atoms with E-state index in [2.05, 4.69) is 14.5 Å². The normalized spacial score (nSPS) is 14.5. The Kier molecular flexibility index (Phi) is 4.80. The maximum Gasteiger partial charge on any atom is 0.250 e. The Bertz CT molecular complexity index is 777. The maximum absolute atomic E-state index is 12.5. The van der Waals surface area contributed by atoms with E-state index in [1.165, 1.54) is 16.3 Å². The van der Waals surface area contributed by atoms with E-state index >= 15 is 0 Å². The van der Waals surface area contributed by atoms with Crippen LogP contribution in [0.2, 0.25) is 0 Å². The Labute approximate surface area is 141 Å². The molecule has 0 bridgehead atoms. The Balaban J connectivity index is 1.68. The molecular weight excluding hydrogens is 306 g/mol. The van der Waals surface area contributed by atoms with Gasteiger partial charge in [-0.05, 0) is 20.2 Å². The van der Waals surface area contributed by atoms with E-state index in [0.29, 0.717) is 13.1 Å². The molecule has 3 heterocycles. The molecule has 7 nitrogen and oxygen atoms in total. The van der Waals surface area contributed by atoms with Crippen molar-refractivity contribution in [2.75, 3.05) is 27.2 Å². The summed E-state index contributed by atoms with van der Waals surface area (Å²) >= 11 is 0. The van der Waals surface area contributed by atoms with Gasteiger partial charge in [0, 0.05) is 51.1 Å². The molecule has 128 valence electrons. The standard InChI is InChI=1S/C17H23N5O2/c1-19(2)12-14-11-18-15-6-8-20(9-10-22(14)15)17(24)13-21-7-4-3-5-16(21)23/h3-5,7,11H,6,8-10,12-13H2,1-2H3. The van der Waals surface area contributed by atoms with Gasteiger partial charge in [0.15, 0.2) is 0 Å². The number of fused-ring (bicyclic) bond motifs is 1. The fourth-order valence-electron chi connectivity index (χ4n) is 3.03. The molecule has 7 heteroatoms. The smallest absolute Gasteiger partial charge is 0.250 e. The Morgan fingerprint density at radius 3 is 2.83 bits per heavy atom. The van der Waals surface area contributed by atoms with Crippen LogP contribution in [0.5, 0.6) is 0 Å². The maximum atomic E-state index is 12.5. The monoisotopic (exact) mass is 329 g/mol. The second-order valence-corrected chi connectivity index (χ2v) is 6.35. The number of aromatic nitrogens is 3. The van der Waals surface area contributed by atoms with Crippen LogP contribution in [0.4, 0.5) is 0 Å². The van der Waals surface area contributed by atoms with E-state index in [1.54, 1.807) is 18.3 Å². The van der Waals surface area contributed by atoms with Crippen LogP contribution in [0.3, 0.4) is 0 Å². The molecule has 0 unspecified atom stereocenters. The molecule has 1 aliphatic rings. The van der Waals surface area contributed by atoms with Gasteiger partial charge in [0.2, 0.25) is 5.91 Å². The van der Waals surface area contributed by atoms with Gasteiger partial charge in [0.05, 0.1) is 5.69 Å². The number of amides is 1. The van der Waals surface area contributed by atoms with E-state index in [4.69, 9.17) is 0 Å². The van der Waals surface area contributed by atoms with Crippen molar-refractivity contribution < 1.29 is 4.79 Å². The molecular formula is C17H23N5O2. The predicted octanol–water partition coefficient (Wildman–Crippen LogP) is 0.191. The topological polar surface area (TPSA) is 63.4 Å². The van der Waals surface area contributed by atoms with Crippen LogP contribution in [0.25, 0.3) is 0 Å². The summed E-state index contributed by atoms with van der Waals surface area (Å²) in [5, 5.41) is 0. The summed E-state index contributed by atoms with van der Waals surface area (Å²) in [5.74, 6) is 1.00. The van der Waals surface area contributed by atoms with Gasteiger partial charge < -0.3 is 18.9 Å². The molecule has 0 aromatic carbocycles. The minimum atomic E-state index is -0.151. The lowest BCUT2D eigenvalue weighted by molar-refractivity contribution is -0.131. The highest BCUT2D eigenvalue weighted by molar-refractivity contribution is 5.76. The summed E-state index contributed by atoms with van der Waals surface area (Å²) in [6.07, 6.45) is 4.32. The lowest BCUT2D eigenvalue weighted by Gasteiger charge is -2.21. The highest BCUT2D eigenvalue weighted by Gasteiger charge is 2.21. The molecule has 2 aromatic rings. The van der Waals surface area contributed by atoms with Crippen LogP contribution in [0.1, 0.15) is 11.5 Å². The highest BCUT2D eigenvalue weighted by Crippen LogP contribution is 2.13. The van der Waals surface area contributed by atoms with Crippen LogP contribution in [0.15, 0.2) is 35.4 Å². The Morgan fingerprint density at radius 1 is 1.25 bits per heavy atom. The molecule has 1 amide bonds. The number of nitrogens with zero attached hydrogens (tertiary/aromatic N) is 5. The van der Waals surface area contributed by atoms with E-state index in [9.17, 15) is 9.59 Å². The van der Waals surface area contributed by atoms with Crippen LogP contribution in [-0.4, -0.2) is 57.0 Å². The molecule has 1 aliphatic heterocycles. The van der Waals surface area contributed by atoms with Crippen LogP contribution < -0.4 is 5.56 Å². The summed E-state index contributed by atoms with van der Waals surface area (Å²) in [4.78, 5) is 32.7. The number of rotatable bonds is 4. The summed E-state index contributed by atoms with van der Waals surface area (Å²) in [6.45, 7) is 2.95. The molecule has 3 rings (SSSR count). The van der Waals surface area contributed by atoms with Gasteiger partial charge in [-0.15, -0.1) is 0 Å². The number of carbonyl (C=O) groups is 1. The number of carbonyl (C=O) groups excluding carboxylic acids is 1. The largest absolute Gasteiger partial charge is 0.339 e. The molecule has 0 saturated carbocycles. The molecule has 0 atom stereocenters. The van der Waals surface area contributed by atoms with E-state index < -0.39 is 0 Å². The number of pyridine rings is 1. The fraction of sp³-hybridized carbons (Fsp3) is 0.471. The second kappa shape index (κ2) is 7.00. The van der Waals surface area contributed by atoms with Gasteiger partial charge in [-0.1, -0.05) is 6.07 Å². The minimum absolute atomic E-state index is 0.0248. The minimum Gasteiger partial charge on any atom is -0.339 e. The Hall–Kier alpha value is -2.41. The zero-order chi connectivity index (χ0) is 17.1. The molecule has 0 spiro atoms. The van der Waals surface area contributed by atoms with Gasteiger partial charge >= 0.3 is 0 Å². The van der Waals surface area contributed by atoms with Crippen molar-refractivity contribution in [2.24, 2.45) is 0 Å². The van der Waals surface area contributed by atoms with Gasteiger partial charge in [0.25, 0.3) is 5.56 Å². The first kappa shape index (κ1) is 16.4. The van der Waals surface area contributed by atoms with Crippen molar-refractivity contribution in [1.29, 1.82) is 0 Å². The fourth-order valence-corrected chi connectivity index (χ4v) is 3.03. The third-order valence-corrected chi connectivity index (χ3v) is 4.26. The van der Waals surface area contributed by atoms with Crippen molar-refractivity contribution in [3.8, 4) is 0 Å². The third-order valence-electron chi connectivity index (χ3n) is 4.26. The van der Waals surface area contributed by atoms with Crippen molar-refractivity contribution in [1.82, 2.24) is 23.9 Å². The zero-order valence-electron chi connectivity index (χ0n) is 14.2. The molecule has 0 N–H and O–H groups in total. The lowest BCUT2D eigenvalue weighted by atomic mass is 10.3. The van der Waals surface area contributed by atoms with Crippen molar-refractivity contribution in [3.05, 3.63) is 52.5 Å². The van der Waals surface area contributed by atoms with E-state index in [0.717, 1.165) is 25.3 Å². The van der Waals surface area contributed by atoms with E-state index in [1.807, 2.05) is 25.2 Å². The SMILES string of the molecule is CN(C)Cc1cnc2n1CCN(C(=O)Cn1ccccc1=O)CC2. The Morgan fingerprint density at radius 2 is 2.08 bits per heavy atom. The molecule has 2 aromatic heterocycles. The first-order valence-corrected chi connectivity index (χ1v) is 8.16. The first-order valence-electron chi connectivity index (χ1n) is 8.16. The number of hydrogen-bond acceptors (Lipinski definition) is 4. The van der Waals surface area contributed by atoms with Gasteiger partial charge in [-0.2, -0.15) is 0 Å². The highest BCUT2D eigenvalue weighted by atomic mass is 16.2. The molecule has 0 saturated heterocycles. The van der Waals surface area contributed by atoms with Crippen molar-refractivity contribution >= 4 is 5.91 Å². The van der Waals surface area contributed by atoms with Crippen LogP contribution in [-0.2, 0) is 30.8 Å². The predicted molar refractivity (Wildman–Crippen MR) is 90.6 cm³/mol. The summed E-state index contributed by atoms with van der Waals surface area (Å²) in [6, 6.07) is 4.92. The molecule has 24 heavy (non-hydrogen) atoms. The average molecular weight is 329 g/mol. The molecule has 0 radical (unpaired) electrons. The third kappa shape index (κ3) is 3.56. The van der Waals surface area contributed by atoms with Crippen molar-refractivity contribution in [2.45, 2.75) is 26.1 Å². The van der Waals surface area contributed by atoms with Gasteiger partial charge in [0.1, 0.15) is 12.4 Å². The molecule has 0 fully saturated rings. The lowest BCUT2D eigenvalue weighted by Crippen LogP contribution is -2.38. The number of hydrogen-bond donors (Lipinski definition) is 0. The average Bonchev–Trinajstić information content (AvgIpc) is 2.78. The summed E-state index contributed by atoms with van der Waals surface area (Å²) in [7, 11) is 4.06. The second-order valence-electron chi connectivity index (χ2n) is 6.35. The summed E-state index contributed by atoms with van der Waals surface area (Å²) in [5.41, 5.74) is 1.02. The van der Waals surface area contributed by atoms with Crippen LogP contribution >= 0.6 is 0 Å². The quantitative estimate of drug-likeness (QED) is 0.803.